The van der Waals surface area contributed by atoms with Crippen molar-refractivity contribution in [1.82, 2.24) is 9.97 Å². The van der Waals surface area contributed by atoms with Crippen LogP contribution in [-0.2, 0) is 6.61 Å². The van der Waals surface area contributed by atoms with Gasteiger partial charge < -0.3 is 19.2 Å². The fourth-order valence-electron chi connectivity index (χ4n) is 2.01. The normalized spacial score (nSPS) is 10.6. The van der Waals surface area contributed by atoms with E-state index in [0.717, 1.165) is 17.0 Å². The molecule has 3 rings (SSSR count). The Kier molecular flexibility index (Phi) is 3.65. The van der Waals surface area contributed by atoms with E-state index in [9.17, 15) is 4.79 Å². The van der Waals surface area contributed by atoms with Crippen molar-refractivity contribution in [3.63, 3.8) is 0 Å². The maximum absolute atomic E-state index is 10.8. The zero-order valence-corrected chi connectivity index (χ0v) is 11.9. The molecule has 0 aliphatic heterocycles. The first-order chi connectivity index (χ1) is 10.6. The lowest BCUT2D eigenvalue weighted by atomic mass is 10.2. The molecular weight excluding hydrogens is 284 g/mol. The summed E-state index contributed by atoms with van der Waals surface area (Å²) in [6.07, 6.45) is 1.63. The lowest BCUT2D eigenvalue weighted by Gasteiger charge is -2.06. The summed E-state index contributed by atoms with van der Waals surface area (Å²) in [5.41, 5.74) is 2.63. The lowest BCUT2D eigenvalue weighted by molar-refractivity contribution is 0.0663. The van der Waals surface area contributed by atoms with Crippen LogP contribution in [0.3, 0.4) is 0 Å². The summed E-state index contributed by atoms with van der Waals surface area (Å²) < 4.78 is 10.9. The van der Waals surface area contributed by atoms with Gasteiger partial charge in [0.2, 0.25) is 5.76 Å². The molecule has 3 aromatic rings. The molecule has 0 bridgehead atoms. The number of ether oxygens (including phenoxy) is 1. The number of aromatic amines is 1. The molecule has 0 atom stereocenters. The highest BCUT2D eigenvalue weighted by molar-refractivity contribution is 5.85. The lowest BCUT2D eigenvalue weighted by Crippen LogP contribution is -1.97. The Morgan fingerprint density at radius 3 is 2.64 bits per heavy atom. The number of carboxylic acids is 1. The number of aryl methyl sites for hydroxylation is 1. The average Bonchev–Trinajstić information content (AvgIpc) is 3.15. The number of carboxylic acid groups (broad SMARTS) is 1. The number of nitrogens with zero attached hydrogens (tertiary/aromatic N) is 1. The minimum Gasteiger partial charge on any atom is -0.487 e. The van der Waals surface area contributed by atoms with Crippen molar-refractivity contribution in [3.8, 4) is 17.1 Å². The Morgan fingerprint density at radius 1 is 1.27 bits per heavy atom. The quantitative estimate of drug-likeness (QED) is 0.754. The topological polar surface area (TPSA) is 88.3 Å². The van der Waals surface area contributed by atoms with Gasteiger partial charge in [-0.3, -0.25) is 0 Å². The van der Waals surface area contributed by atoms with Gasteiger partial charge in [-0.15, -0.1) is 0 Å². The number of benzene rings is 1. The summed E-state index contributed by atoms with van der Waals surface area (Å²) >= 11 is 0. The van der Waals surface area contributed by atoms with Gasteiger partial charge in [0.25, 0.3) is 0 Å². The Bertz CT molecular complexity index is 787. The first-order valence-corrected chi connectivity index (χ1v) is 6.68. The van der Waals surface area contributed by atoms with E-state index in [4.69, 9.17) is 14.3 Å². The van der Waals surface area contributed by atoms with E-state index in [1.807, 2.05) is 31.2 Å². The SMILES string of the molecule is Cc1nc[nH]c1COc1ccc(-c2ccc(C(=O)O)o2)cc1. The second-order valence-corrected chi connectivity index (χ2v) is 4.75. The van der Waals surface area contributed by atoms with E-state index in [1.165, 1.54) is 6.07 Å². The molecule has 22 heavy (non-hydrogen) atoms. The summed E-state index contributed by atoms with van der Waals surface area (Å²) in [4.78, 5) is 17.9. The van der Waals surface area contributed by atoms with Gasteiger partial charge in [0, 0.05) is 5.56 Å². The Balaban J connectivity index is 1.69. The molecule has 0 saturated carbocycles. The fraction of sp³-hybridized carbons (Fsp3) is 0.125. The first-order valence-electron chi connectivity index (χ1n) is 6.68. The molecule has 2 aromatic heterocycles. The second kappa shape index (κ2) is 5.77. The Labute approximate surface area is 126 Å². The van der Waals surface area contributed by atoms with Crippen LogP contribution in [0.1, 0.15) is 21.9 Å². The van der Waals surface area contributed by atoms with Gasteiger partial charge in [-0.2, -0.15) is 0 Å². The van der Waals surface area contributed by atoms with Crippen molar-refractivity contribution >= 4 is 5.97 Å². The summed E-state index contributed by atoms with van der Waals surface area (Å²) in [7, 11) is 0. The smallest absolute Gasteiger partial charge is 0.371 e. The number of carbonyl (C=O) groups is 1. The van der Waals surface area contributed by atoms with Crippen LogP contribution in [0.2, 0.25) is 0 Å². The standard InChI is InChI=1S/C16H14N2O4/c1-10-13(18-9-17-10)8-21-12-4-2-11(3-5-12)14-6-7-15(22-14)16(19)20/h2-7,9H,8H2,1H3,(H,17,18)(H,19,20). The van der Waals surface area contributed by atoms with Crippen molar-refractivity contribution in [1.29, 1.82) is 0 Å². The van der Waals surface area contributed by atoms with Crippen LogP contribution in [0.4, 0.5) is 0 Å². The van der Waals surface area contributed by atoms with E-state index in [2.05, 4.69) is 9.97 Å². The molecule has 0 aliphatic carbocycles. The number of aromatic carboxylic acids is 1. The van der Waals surface area contributed by atoms with Gasteiger partial charge in [-0.25, -0.2) is 9.78 Å². The number of hydrogen-bond donors (Lipinski definition) is 2. The van der Waals surface area contributed by atoms with Crippen LogP contribution in [0, 0.1) is 6.92 Å². The Hall–Kier alpha value is -3.02. The number of H-pyrrole nitrogens is 1. The van der Waals surface area contributed by atoms with Crippen LogP contribution in [0.5, 0.6) is 5.75 Å². The first kappa shape index (κ1) is 13.9. The molecule has 6 heteroatoms. The predicted molar refractivity (Wildman–Crippen MR) is 78.8 cm³/mol. The summed E-state index contributed by atoms with van der Waals surface area (Å²) in [6, 6.07) is 10.3. The van der Waals surface area contributed by atoms with Gasteiger partial charge >= 0.3 is 5.97 Å². The highest BCUT2D eigenvalue weighted by Gasteiger charge is 2.10. The third kappa shape index (κ3) is 2.85. The van der Waals surface area contributed by atoms with Crippen LogP contribution in [0.15, 0.2) is 47.1 Å². The maximum Gasteiger partial charge on any atom is 0.371 e. The molecule has 0 radical (unpaired) electrons. The molecule has 0 fully saturated rings. The Morgan fingerprint density at radius 2 is 2.05 bits per heavy atom. The van der Waals surface area contributed by atoms with E-state index >= 15 is 0 Å². The summed E-state index contributed by atoms with van der Waals surface area (Å²) in [5, 5.41) is 8.85. The van der Waals surface area contributed by atoms with Crippen LogP contribution >= 0.6 is 0 Å². The van der Waals surface area contributed by atoms with Crippen molar-refractivity contribution in [2.45, 2.75) is 13.5 Å². The van der Waals surface area contributed by atoms with Gasteiger partial charge in [0.05, 0.1) is 17.7 Å². The van der Waals surface area contributed by atoms with Crippen molar-refractivity contribution in [3.05, 3.63) is 59.9 Å². The monoisotopic (exact) mass is 298 g/mol. The predicted octanol–water partition coefficient (Wildman–Crippen LogP) is 3.26. The number of furan rings is 1. The van der Waals surface area contributed by atoms with Crippen LogP contribution < -0.4 is 4.74 Å². The van der Waals surface area contributed by atoms with E-state index < -0.39 is 5.97 Å². The highest BCUT2D eigenvalue weighted by atomic mass is 16.5. The number of rotatable bonds is 5. The fourth-order valence-corrected chi connectivity index (χ4v) is 2.01. The third-order valence-corrected chi connectivity index (χ3v) is 3.27. The largest absolute Gasteiger partial charge is 0.487 e. The summed E-state index contributed by atoms with van der Waals surface area (Å²) in [5.74, 6) is 0.0577. The van der Waals surface area contributed by atoms with E-state index in [1.54, 1.807) is 12.4 Å². The molecule has 2 N–H and O–H groups in total. The van der Waals surface area contributed by atoms with Crippen LogP contribution in [-0.4, -0.2) is 21.0 Å². The number of hydrogen-bond acceptors (Lipinski definition) is 4. The van der Waals surface area contributed by atoms with Gasteiger partial charge in [-0.05, 0) is 43.3 Å². The van der Waals surface area contributed by atoms with Crippen molar-refractivity contribution in [2.75, 3.05) is 0 Å². The zero-order chi connectivity index (χ0) is 15.5. The minimum absolute atomic E-state index is 0.0787. The van der Waals surface area contributed by atoms with Crippen molar-refractivity contribution in [2.24, 2.45) is 0 Å². The molecule has 0 unspecified atom stereocenters. The minimum atomic E-state index is -1.08. The molecule has 2 heterocycles. The van der Waals surface area contributed by atoms with E-state index in [0.29, 0.717) is 18.1 Å². The molecule has 0 aliphatic rings. The van der Waals surface area contributed by atoms with Crippen LogP contribution in [0.25, 0.3) is 11.3 Å². The highest BCUT2D eigenvalue weighted by Crippen LogP contribution is 2.25. The summed E-state index contributed by atoms with van der Waals surface area (Å²) in [6.45, 7) is 2.32. The number of imidazole rings is 1. The molecule has 1 aromatic carbocycles. The second-order valence-electron chi connectivity index (χ2n) is 4.75. The van der Waals surface area contributed by atoms with E-state index in [-0.39, 0.29) is 5.76 Å². The molecular formula is C16H14N2O4. The molecule has 6 nitrogen and oxygen atoms in total. The third-order valence-electron chi connectivity index (χ3n) is 3.27. The van der Waals surface area contributed by atoms with Gasteiger partial charge in [-0.1, -0.05) is 0 Å². The van der Waals surface area contributed by atoms with Crippen molar-refractivity contribution < 1.29 is 19.1 Å². The molecule has 0 saturated heterocycles. The van der Waals surface area contributed by atoms with Gasteiger partial charge in [0.1, 0.15) is 18.1 Å². The molecule has 0 spiro atoms. The molecule has 0 amide bonds. The zero-order valence-electron chi connectivity index (χ0n) is 11.9. The number of nitrogens with one attached hydrogen (secondary N) is 1. The van der Waals surface area contributed by atoms with Gasteiger partial charge in [0.15, 0.2) is 0 Å². The molecule has 112 valence electrons. The average molecular weight is 298 g/mol. The number of aromatic nitrogens is 2. The maximum atomic E-state index is 10.8.